The number of halogens is 1. The lowest BCUT2D eigenvalue weighted by atomic mass is 10.0. The third-order valence-electron chi connectivity index (χ3n) is 4.98. The molecule has 3 nitrogen and oxygen atoms in total. The van der Waals surface area contributed by atoms with E-state index in [9.17, 15) is 4.79 Å². The first-order chi connectivity index (χ1) is 14.8. The third kappa shape index (κ3) is 6.12. The minimum Gasteiger partial charge on any atom is -1.00 e. The van der Waals surface area contributed by atoms with Crippen LogP contribution in [0.3, 0.4) is 0 Å². The van der Waals surface area contributed by atoms with Gasteiger partial charge in [0.15, 0.2) is 24.7 Å². The molecule has 156 valence electrons. The zero-order chi connectivity index (χ0) is 20.6. The molecular formula is C27H24BrNO2. The quantitative estimate of drug-likeness (QED) is 0.223. The number of aromatic nitrogens is 1. The molecular weight excluding hydrogens is 450 g/mol. The predicted octanol–water partition coefficient (Wildman–Crippen LogP) is 2.35. The van der Waals surface area contributed by atoms with Crippen LogP contribution in [-0.2, 0) is 6.54 Å². The van der Waals surface area contributed by atoms with Crippen LogP contribution in [0.2, 0.25) is 0 Å². The molecule has 0 radical (unpaired) electrons. The fourth-order valence-corrected chi connectivity index (χ4v) is 3.33. The maximum atomic E-state index is 12.4. The maximum Gasteiger partial charge on any atom is 0.193 e. The SMILES string of the molecule is O=C(c1ccccc1)c1ccc(OCCC[n+]2ccc(-c3ccccc3)cc2)cc1.[Br-]. The summed E-state index contributed by atoms with van der Waals surface area (Å²) in [5, 5.41) is 0. The standard InChI is InChI=1S/C27H24NO2.BrH/c29-27(24-10-5-2-6-11-24)25-12-14-26(15-13-25)30-21-7-18-28-19-16-23(17-20-28)22-8-3-1-4-9-22;/h1-6,8-17,19-20H,7,18,21H2;1H/q+1;/p-1. The van der Waals surface area contributed by atoms with Crippen LogP contribution in [-0.4, -0.2) is 12.4 Å². The number of nitrogens with zero attached hydrogens (tertiary/aromatic N) is 1. The van der Waals surface area contributed by atoms with Crippen molar-refractivity contribution < 1.29 is 31.1 Å². The van der Waals surface area contributed by atoms with Crippen molar-refractivity contribution in [1.82, 2.24) is 0 Å². The first-order valence-electron chi connectivity index (χ1n) is 10.2. The van der Waals surface area contributed by atoms with E-state index in [4.69, 9.17) is 4.74 Å². The summed E-state index contributed by atoms with van der Waals surface area (Å²) >= 11 is 0. The third-order valence-corrected chi connectivity index (χ3v) is 4.98. The average Bonchev–Trinajstić information content (AvgIpc) is 2.83. The number of pyridine rings is 1. The molecule has 1 aromatic heterocycles. The molecule has 0 saturated carbocycles. The second-order valence-corrected chi connectivity index (χ2v) is 7.11. The second kappa shape index (κ2) is 11.2. The van der Waals surface area contributed by atoms with Gasteiger partial charge in [0.25, 0.3) is 0 Å². The molecule has 0 fully saturated rings. The Morgan fingerprint density at radius 1 is 0.677 bits per heavy atom. The van der Waals surface area contributed by atoms with Crippen molar-refractivity contribution in [3.8, 4) is 16.9 Å². The monoisotopic (exact) mass is 473 g/mol. The summed E-state index contributed by atoms with van der Waals surface area (Å²) in [6.07, 6.45) is 5.11. The van der Waals surface area contributed by atoms with E-state index < -0.39 is 0 Å². The first kappa shape index (κ1) is 22.4. The van der Waals surface area contributed by atoms with Gasteiger partial charge in [-0.1, -0.05) is 60.7 Å². The van der Waals surface area contributed by atoms with Crippen molar-refractivity contribution in [2.75, 3.05) is 6.61 Å². The molecule has 3 aromatic carbocycles. The van der Waals surface area contributed by atoms with Crippen LogP contribution in [0.5, 0.6) is 5.75 Å². The van der Waals surface area contributed by atoms with Crippen molar-refractivity contribution in [1.29, 1.82) is 0 Å². The molecule has 0 aliphatic rings. The van der Waals surface area contributed by atoms with E-state index in [1.165, 1.54) is 11.1 Å². The van der Waals surface area contributed by atoms with Gasteiger partial charge >= 0.3 is 0 Å². The van der Waals surface area contributed by atoms with Gasteiger partial charge in [-0.2, -0.15) is 0 Å². The van der Waals surface area contributed by atoms with Crippen LogP contribution in [0, 0.1) is 0 Å². The van der Waals surface area contributed by atoms with Crippen molar-refractivity contribution in [2.24, 2.45) is 0 Å². The van der Waals surface area contributed by atoms with Crippen molar-refractivity contribution >= 4 is 5.78 Å². The highest BCUT2D eigenvalue weighted by molar-refractivity contribution is 6.08. The Balaban J connectivity index is 0.00000272. The molecule has 4 rings (SSSR count). The Kier molecular flexibility index (Phi) is 8.13. The van der Waals surface area contributed by atoms with Crippen LogP contribution in [0.4, 0.5) is 0 Å². The molecule has 0 N–H and O–H groups in total. The molecule has 0 unspecified atom stereocenters. The Bertz CT molecular complexity index is 1080. The van der Waals surface area contributed by atoms with Gasteiger partial charge in [0.2, 0.25) is 0 Å². The van der Waals surface area contributed by atoms with Gasteiger partial charge in [0, 0.05) is 29.7 Å². The number of ether oxygens (including phenoxy) is 1. The normalized spacial score (nSPS) is 10.2. The van der Waals surface area contributed by atoms with Crippen LogP contribution in [0.1, 0.15) is 22.3 Å². The van der Waals surface area contributed by atoms with E-state index in [-0.39, 0.29) is 22.8 Å². The summed E-state index contributed by atoms with van der Waals surface area (Å²) in [6.45, 7) is 1.51. The molecule has 0 spiro atoms. The molecule has 31 heavy (non-hydrogen) atoms. The molecule has 0 aliphatic heterocycles. The highest BCUT2D eigenvalue weighted by Gasteiger charge is 2.08. The predicted molar refractivity (Wildman–Crippen MR) is 119 cm³/mol. The van der Waals surface area contributed by atoms with Crippen molar-refractivity contribution in [3.05, 3.63) is 121 Å². The number of carbonyl (C=O) groups is 1. The molecule has 0 atom stereocenters. The summed E-state index contributed by atoms with van der Waals surface area (Å²) < 4.78 is 8.00. The van der Waals surface area contributed by atoms with Crippen LogP contribution >= 0.6 is 0 Å². The zero-order valence-electron chi connectivity index (χ0n) is 17.2. The summed E-state index contributed by atoms with van der Waals surface area (Å²) in [6, 6.07) is 31.3. The number of aryl methyl sites for hydroxylation is 1. The Labute approximate surface area is 193 Å². The minimum atomic E-state index is 0. The first-order valence-corrected chi connectivity index (χ1v) is 10.2. The lowest BCUT2D eigenvalue weighted by Gasteiger charge is -2.06. The summed E-state index contributed by atoms with van der Waals surface area (Å²) in [4.78, 5) is 12.4. The van der Waals surface area contributed by atoms with Gasteiger partial charge in [0.05, 0.1) is 6.61 Å². The summed E-state index contributed by atoms with van der Waals surface area (Å²) in [5.41, 5.74) is 3.81. The van der Waals surface area contributed by atoms with E-state index in [2.05, 4.69) is 53.4 Å². The Morgan fingerprint density at radius 2 is 1.23 bits per heavy atom. The largest absolute Gasteiger partial charge is 1.00 e. The maximum absolute atomic E-state index is 12.4. The van der Waals surface area contributed by atoms with Gasteiger partial charge in [-0.15, -0.1) is 0 Å². The fourth-order valence-electron chi connectivity index (χ4n) is 3.33. The van der Waals surface area contributed by atoms with Crippen LogP contribution < -0.4 is 26.3 Å². The second-order valence-electron chi connectivity index (χ2n) is 7.11. The number of hydrogen-bond acceptors (Lipinski definition) is 2. The minimum absolute atomic E-state index is 0. The van der Waals surface area contributed by atoms with E-state index in [1.807, 2.05) is 60.7 Å². The summed E-state index contributed by atoms with van der Waals surface area (Å²) in [7, 11) is 0. The summed E-state index contributed by atoms with van der Waals surface area (Å²) in [5.74, 6) is 0.807. The lowest BCUT2D eigenvalue weighted by molar-refractivity contribution is -0.697. The molecule has 0 aliphatic carbocycles. The van der Waals surface area contributed by atoms with E-state index in [0.29, 0.717) is 17.7 Å². The molecule has 0 saturated heterocycles. The number of benzene rings is 3. The van der Waals surface area contributed by atoms with E-state index in [1.54, 1.807) is 0 Å². The molecule has 0 bridgehead atoms. The fraction of sp³-hybridized carbons (Fsp3) is 0.111. The van der Waals surface area contributed by atoms with E-state index in [0.717, 1.165) is 18.7 Å². The smallest absolute Gasteiger partial charge is 0.193 e. The van der Waals surface area contributed by atoms with Gasteiger partial charge in [-0.3, -0.25) is 4.79 Å². The van der Waals surface area contributed by atoms with Crippen molar-refractivity contribution in [2.45, 2.75) is 13.0 Å². The topological polar surface area (TPSA) is 30.2 Å². The van der Waals surface area contributed by atoms with Gasteiger partial charge in [0.1, 0.15) is 5.75 Å². The Hall–Kier alpha value is -3.24. The number of rotatable bonds is 8. The molecule has 0 amide bonds. The van der Waals surface area contributed by atoms with Gasteiger partial charge in [-0.25, -0.2) is 4.57 Å². The molecule has 4 aromatic rings. The van der Waals surface area contributed by atoms with E-state index >= 15 is 0 Å². The van der Waals surface area contributed by atoms with Crippen LogP contribution in [0.15, 0.2) is 109 Å². The van der Waals surface area contributed by atoms with Gasteiger partial charge in [-0.05, 0) is 35.4 Å². The number of hydrogen-bond donors (Lipinski definition) is 0. The lowest BCUT2D eigenvalue weighted by Crippen LogP contribution is -3.00. The van der Waals surface area contributed by atoms with Crippen molar-refractivity contribution in [3.63, 3.8) is 0 Å². The number of carbonyl (C=O) groups excluding carboxylic acids is 1. The van der Waals surface area contributed by atoms with Gasteiger partial charge < -0.3 is 21.7 Å². The highest BCUT2D eigenvalue weighted by Crippen LogP contribution is 2.17. The van der Waals surface area contributed by atoms with Crippen LogP contribution in [0.25, 0.3) is 11.1 Å². The number of ketones is 1. The zero-order valence-corrected chi connectivity index (χ0v) is 18.7. The highest BCUT2D eigenvalue weighted by atomic mass is 79.9. The average molecular weight is 474 g/mol. The molecule has 4 heteroatoms. The molecule has 1 heterocycles. The Morgan fingerprint density at radius 3 is 1.87 bits per heavy atom.